The van der Waals surface area contributed by atoms with Gasteiger partial charge in [0.1, 0.15) is 11.9 Å². The molecule has 0 saturated carbocycles. The van der Waals surface area contributed by atoms with Gasteiger partial charge >= 0.3 is 0 Å². The molecule has 0 unspecified atom stereocenters. The van der Waals surface area contributed by atoms with E-state index in [-0.39, 0.29) is 35.9 Å². The van der Waals surface area contributed by atoms with Crippen molar-refractivity contribution in [3.05, 3.63) is 68.4 Å². The number of hydrogen-bond donors (Lipinski definition) is 1. The van der Waals surface area contributed by atoms with Crippen LogP contribution in [0, 0.1) is 5.82 Å². The van der Waals surface area contributed by atoms with E-state index in [2.05, 4.69) is 5.32 Å². The molecule has 0 bridgehead atoms. The van der Waals surface area contributed by atoms with Crippen LogP contribution in [-0.4, -0.2) is 34.6 Å². The van der Waals surface area contributed by atoms with Gasteiger partial charge in [-0.3, -0.25) is 9.59 Å². The quantitative estimate of drug-likeness (QED) is 0.348. The van der Waals surface area contributed by atoms with Gasteiger partial charge in [0, 0.05) is 44.5 Å². The summed E-state index contributed by atoms with van der Waals surface area (Å²) in [4.78, 5) is 27.8. The summed E-state index contributed by atoms with van der Waals surface area (Å²) in [6.45, 7) is 5.82. The summed E-state index contributed by atoms with van der Waals surface area (Å²) in [5.74, 6) is -0.644. The molecule has 0 aliphatic rings. The predicted octanol–water partition coefficient (Wildman–Crippen LogP) is 6.74. The van der Waals surface area contributed by atoms with Gasteiger partial charge < -0.3 is 10.2 Å². The Morgan fingerprint density at radius 2 is 1.58 bits per heavy atom. The molecule has 0 radical (unpaired) electrons. The molecule has 9 heteroatoms. The Balaban J connectivity index is 2.24. The molecular formula is C24H28Cl3FN2O2S. The first-order valence-corrected chi connectivity index (χ1v) is 13.0. The van der Waals surface area contributed by atoms with Crippen LogP contribution in [0.5, 0.6) is 0 Å². The van der Waals surface area contributed by atoms with Crippen LogP contribution in [0.1, 0.15) is 44.7 Å². The zero-order valence-electron chi connectivity index (χ0n) is 18.8. The van der Waals surface area contributed by atoms with Crippen molar-refractivity contribution in [3.8, 4) is 0 Å². The van der Waals surface area contributed by atoms with E-state index >= 15 is 0 Å². The molecule has 2 atom stereocenters. The predicted molar refractivity (Wildman–Crippen MR) is 137 cm³/mol. The molecule has 0 aromatic heterocycles. The van der Waals surface area contributed by atoms with Crippen LogP contribution in [0.4, 0.5) is 4.39 Å². The number of nitrogens with one attached hydrogen (secondary N) is 1. The van der Waals surface area contributed by atoms with Crippen LogP contribution in [0.3, 0.4) is 0 Å². The summed E-state index contributed by atoms with van der Waals surface area (Å²) >= 11 is 20.0. The number of carbonyl (C=O) groups excluding carboxylic acids is 2. The number of carbonyl (C=O) groups is 2. The number of thioether (sulfide) groups is 1. The van der Waals surface area contributed by atoms with Crippen LogP contribution >= 0.6 is 46.6 Å². The average Bonchev–Trinajstić information content (AvgIpc) is 2.77. The average molecular weight is 534 g/mol. The molecule has 2 rings (SSSR count). The molecule has 0 saturated heterocycles. The van der Waals surface area contributed by atoms with Gasteiger partial charge in [-0.2, -0.15) is 0 Å². The number of hydrogen-bond acceptors (Lipinski definition) is 3. The minimum atomic E-state index is -0.698. The van der Waals surface area contributed by atoms with Crippen molar-refractivity contribution in [2.24, 2.45) is 0 Å². The number of nitrogens with zero attached hydrogens (tertiary/aromatic N) is 1. The highest BCUT2D eigenvalue weighted by atomic mass is 35.5. The minimum absolute atomic E-state index is 0.0232. The molecule has 0 aliphatic heterocycles. The monoisotopic (exact) mass is 532 g/mol. The SMILES string of the molecule is CC[C@@H](C)NC(=O)[C@@H](CC)N(Cc1c(Cl)cccc1Cl)C(=O)CSCc1c(F)cccc1Cl. The Kier molecular flexibility index (Phi) is 11.3. The lowest BCUT2D eigenvalue weighted by Crippen LogP contribution is -2.51. The lowest BCUT2D eigenvalue weighted by atomic mass is 10.1. The van der Waals surface area contributed by atoms with Gasteiger partial charge in [0.25, 0.3) is 0 Å². The number of rotatable bonds is 11. The Morgan fingerprint density at radius 3 is 2.12 bits per heavy atom. The van der Waals surface area contributed by atoms with Crippen molar-refractivity contribution in [1.82, 2.24) is 10.2 Å². The van der Waals surface area contributed by atoms with Crippen molar-refractivity contribution >= 4 is 58.4 Å². The maximum Gasteiger partial charge on any atom is 0.243 e. The molecule has 33 heavy (non-hydrogen) atoms. The molecule has 2 aromatic rings. The van der Waals surface area contributed by atoms with Gasteiger partial charge in [0.2, 0.25) is 11.8 Å². The van der Waals surface area contributed by atoms with Crippen molar-refractivity contribution in [2.45, 2.75) is 58.0 Å². The molecular weight excluding hydrogens is 506 g/mol. The summed E-state index contributed by atoms with van der Waals surface area (Å²) < 4.78 is 14.1. The van der Waals surface area contributed by atoms with Gasteiger partial charge in [-0.1, -0.05) is 60.8 Å². The van der Waals surface area contributed by atoms with Crippen LogP contribution < -0.4 is 5.32 Å². The summed E-state index contributed by atoms with van der Waals surface area (Å²) in [5.41, 5.74) is 0.922. The van der Waals surface area contributed by atoms with Crippen LogP contribution in [0.25, 0.3) is 0 Å². The molecule has 0 heterocycles. The number of halogens is 4. The fraction of sp³-hybridized carbons (Fsp3) is 0.417. The molecule has 0 aliphatic carbocycles. The second-order valence-corrected chi connectivity index (χ2v) is 9.86. The zero-order valence-corrected chi connectivity index (χ0v) is 21.9. The van der Waals surface area contributed by atoms with E-state index in [1.807, 2.05) is 20.8 Å². The normalized spacial score (nSPS) is 12.8. The highest BCUT2D eigenvalue weighted by Crippen LogP contribution is 2.28. The van der Waals surface area contributed by atoms with Gasteiger partial charge in [-0.15, -0.1) is 11.8 Å². The Labute approximate surface area is 214 Å². The van der Waals surface area contributed by atoms with Crippen molar-refractivity contribution in [1.29, 1.82) is 0 Å². The van der Waals surface area contributed by atoms with Crippen LogP contribution in [0.15, 0.2) is 36.4 Å². The van der Waals surface area contributed by atoms with E-state index < -0.39 is 11.9 Å². The van der Waals surface area contributed by atoms with E-state index in [4.69, 9.17) is 34.8 Å². The lowest BCUT2D eigenvalue weighted by Gasteiger charge is -2.32. The van der Waals surface area contributed by atoms with E-state index in [0.29, 0.717) is 32.6 Å². The Hall–Kier alpha value is -1.47. The molecule has 2 aromatic carbocycles. The molecule has 1 N–H and O–H groups in total. The van der Waals surface area contributed by atoms with E-state index in [1.54, 1.807) is 24.3 Å². The van der Waals surface area contributed by atoms with Crippen molar-refractivity contribution in [2.75, 3.05) is 5.75 Å². The van der Waals surface area contributed by atoms with Gasteiger partial charge in [0.05, 0.1) is 5.75 Å². The summed E-state index contributed by atoms with van der Waals surface area (Å²) in [6, 6.07) is 8.87. The molecule has 180 valence electrons. The second kappa shape index (κ2) is 13.4. The van der Waals surface area contributed by atoms with Crippen molar-refractivity contribution in [3.63, 3.8) is 0 Å². The van der Waals surface area contributed by atoms with Gasteiger partial charge in [0.15, 0.2) is 0 Å². The highest BCUT2D eigenvalue weighted by molar-refractivity contribution is 7.99. The summed E-state index contributed by atoms with van der Waals surface area (Å²) in [5, 5.41) is 4.11. The summed E-state index contributed by atoms with van der Waals surface area (Å²) in [7, 11) is 0. The third kappa shape index (κ3) is 7.78. The zero-order chi connectivity index (χ0) is 24.5. The molecule has 0 spiro atoms. The van der Waals surface area contributed by atoms with Gasteiger partial charge in [-0.05, 0) is 44.0 Å². The smallest absolute Gasteiger partial charge is 0.243 e. The fourth-order valence-electron chi connectivity index (χ4n) is 3.21. The molecule has 2 amide bonds. The van der Waals surface area contributed by atoms with E-state index in [0.717, 1.165) is 6.42 Å². The number of amides is 2. The van der Waals surface area contributed by atoms with E-state index in [9.17, 15) is 14.0 Å². The maximum atomic E-state index is 14.1. The Bertz CT molecular complexity index is 936. The maximum absolute atomic E-state index is 14.1. The molecule has 0 fully saturated rings. The molecule has 4 nitrogen and oxygen atoms in total. The number of benzene rings is 2. The lowest BCUT2D eigenvalue weighted by molar-refractivity contribution is -0.139. The van der Waals surface area contributed by atoms with Gasteiger partial charge in [-0.25, -0.2) is 4.39 Å². The third-order valence-electron chi connectivity index (χ3n) is 5.31. The second-order valence-electron chi connectivity index (χ2n) is 7.66. The van der Waals surface area contributed by atoms with Crippen LogP contribution in [-0.2, 0) is 21.9 Å². The van der Waals surface area contributed by atoms with E-state index in [1.165, 1.54) is 28.8 Å². The highest BCUT2D eigenvalue weighted by Gasteiger charge is 2.30. The first-order chi connectivity index (χ1) is 15.7. The fourth-order valence-corrected chi connectivity index (χ4v) is 4.97. The van der Waals surface area contributed by atoms with Crippen LogP contribution in [0.2, 0.25) is 15.1 Å². The Morgan fingerprint density at radius 1 is 1.00 bits per heavy atom. The topological polar surface area (TPSA) is 49.4 Å². The largest absolute Gasteiger partial charge is 0.352 e. The first-order valence-electron chi connectivity index (χ1n) is 10.7. The summed E-state index contributed by atoms with van der Waals surface area (Å²) in [6.07, 6.45) is 1.19. The third-order valence-corrected chi connectivity index (χ3v) is 7.32. The minimum Gasteiger partial charge on any atom is -0.352 e. The van der Waals surface area contributed by atoms with Crippen molar-refractivity contribution < 1.29 is 14.0 Å². The first kappa shape index (κ1) is 27.8. The standard InChI is InChI=1S/C24H28Cl3FN2O2S/c1-4-15(3)29-24(32)22(5-2)30(12-16-18(25)8-6-9-19(16)26)23(31)14-33-13-17-20(27)10-7-11-21(17)28/h6-11,15,22H,4-5,12-14H2,1-3H3,(H,29,32)/t15-,22-/m1/s1.